The Hall–Kier alpha value is -2.30. The number of nitrogen functional groups attached to an aromatic ring is 1. The molecule has 2 saturated heterocycles. The van der Waals surface area contributed by atoms with Crippen LogP contribution in [0.5, 0.6) is 0 Å². The molecule has 1 aromatic carbocycles. The number of aromatic nitrogens is 2. The standard InChI is InChI=1S/C28H35FN4O4/c1-25-9-8-16-22(35)28(29)23(36)21(34)19(33(2)3)13-26(28)10-11-27(16,37-26)20(25)7-5-15(25)14-4-6-17-18(12-14)32-24(30)31-17/h4-6,8,12,19-23,34-36H,7,9-11,13H2,1-3H3,(H3,30,31,32)/t19-,20?,21+,22?,23-,25+,26+,27+,28?/m0/s1. The Morgan fingerprint density at radius 3 is 2.73 bits per heavy atom. The maximum Gasteiger partial charge on any atom is 0.198 e. The fourth-order valence-corrected chi connectivity index (χ4v) is 8.72. The molecule has 0 amide bonds. The van der Waals surface area contributed by atoms with Gasteiger partial charge in [0, 0.05) is 17.4 Å². The molecular weight excluding hydrogens is 475 g/mol. The Bertz CT molecular complexity index is 1370. The van der Waals surface area contributed by atoms with Crippen molar-refractivity contribution >= 4 is 22.6 Å². The van der Waals surface area contributed by atoms with Crippen LogP contribution in [0.15, 0.2) is 35.9 Å². The van der Waals surface area contributed by atoms with Gasteiger partial charge in [-0.25, -0.2) is 9.37 Å². The van der Waals surface area contributed by atoms with Crippen molar-refractivity contribution in [2.75, 3.05) is 19.8 Å². The van der Waals surface area contributed by atoms with Crippen LogP contribution in [0.1, 0.15) is 44.6 Å². The monoisotopic (exact) mass is 510 g/mol. The molecule has 9 atom stereocenters. The summed E-state index contributed by atoms with van der Waals surface area (Å²) in [4.78, 5) is 9.28. The molecule has 2 bridgehead atoms. The molecule has 1 saturated carbocycles. The predicted molar refractivity (Wildman–Crippen MR) is 137 cm³/mol. The van der Waals surface area contributed by atoms with E-state index in [1.54, 1.807) is 0 Å². The Morgan fingerprint density at radius 1 is 1.19 bits per heavy atom. The summed E-state index contributed by atoms with van der Waals surface area (Å²) in [5, 5.41) is 33.5. The lowest BCUT2D eigenvalue weighted by Gasteiger charge is -2.62. The van der Waals surface area contributed by atoms with Gasteiger partial charge in [-0.15, -0.1) is 0 Å². The minimum atomic E-state index is -2.47. The second kappa shape index (κ2) is 7.21. The van der Waals surface area contributed by atoms with Gasteiger partial charge in [0.15, 0.2) is 11.6 Å². The van der Waals surface area contributed by atoms with Crippen LogP contribution in [-0.2, 0) is 4.74 Å². The highest BCUT2D eigenvalue weighted by atomic mass is 19.1. The number of ether oxygens (including phenoxy) is 1. The number of aliphatic hydroxyl groups excluding tert-OH is 3. The van der Waals surface area contributed by atoms with Crippen LogP contribution in [0.4, 0.5) is 10.3 Å². The molecule has 3 aliphatic carbocycles. The average Bonchev–Trinajstić information content (AvgIpc) is 3.51. The van der Waals surface area contributed by atoms with Crippen molar-refractivity contribution in [3.8, 4) is 0 Å². The number of hydrogen-bond acceptors (Lipinski definition) is 7. The van der Waals surface area contributed by atoms with E-state index in [4.69, 9.17) is 10.5 Å². The number of nitrogens with one attached hydrogen (secondary N) is 1. The van der Waals surface area contributed by atoms with Crippen LogP contribution in [0, 0.1) is 11.3 Å². The summed E-state index contributed by atoms with van der Waals surface area (Å²) >= 11 is 0. The van der Waals surface area contributed by atoms with Gasteiger partial charge >= 0.3 is 0 Å². The highest BCUT2D eigenvalue weighted by molar-refractivity contribution is 5.84. The normalized spacial score (nSPS) is 46.4. The molecule has 3 fully saturated rings. The summed E-state index contributed by atoms with van der Waals surface area (Å²) in [5.74, 6) is 0.391. The molecule has 0 radical (unpaired) electrons. The second-order valence-electron chi connectivity index (χ2n) is 12.4. The molecule has 6 N–H and O–H groups in total. The van der Waals surface area contributed by atoms with Crippen LogP contribution in [0.3, 0.4) is 0 Å². The first-order chi connectivity index (χ1) is 17.5. The maximum atomic E-state index is 17.0. The number of anilines is 1. The van der Waals surface area contributed by atoms with Crippen LogP contribution >= 0.6 is 0 Å². The molecule has 5 aliphatic rings. The molecule has 198 valence electrons. The van der Waals surface area contributed by atoms with Crippen LogP contribution in [0.2, 0.25) is 0 Å². The van der Waals surface area contributed by atoms with Crippen molar-refractivity contribution in [1.82, 2.24) is 14.9 Å². The lowest BCUT2D eigenvalue weighted by Crippen LogP contribution is -2.78. The highest BCUT2D eigenvalue weighted by Crippen LogP contribution is 2.70. The Balaban J connectivity index is 1.32. The van der Waals surface area contributed by atoms with E-state index in [9.17, 15) is 15.3 Å². The van der Waals surface area contributed by atoms with Gasteiger partial charge in [0.25, 0.3) is 0 Å². The number of allylic oxidation sites excluding steroid dienone is 3. The number of nitrogens with zero attached hydrogens (tertiary/aromatic N) is 2. The number of benzene rings is 1. The summed E-state index contributed by atoms with van der Waals surface area (Å²) in [6.45, 7) is 2.24. The number of likely N-dealkylation sites (N-methyl/N-ethyl adjacent to an activating group) is 1. The van der Waals surface area contributed by atoms with E-state index >= 15 is 4.39 Å². The minimum Gasteiger partial charge on any atom is -0.389 e. The van der Waals surface area contributed by atoms with Gasteiger partial charge in [-0.3, -0.25) is 0 Å². The molecule has 2 spiro atoms. The lowest BCUT2D eigenvalue weighted by atomic mass is 9.55. The summed E-state index contributed by atoms with van der Waals surface area (Å²) in [6, 6.07) is 5.65. The number of hydrogen-bond donors (Lipinski definition) is 5. The van der Waals surface area contributed by atoms with E-state index in [2.05, 4.69) is 35.1 Å². The highest BCUT2D eigenvalue weighted by Gasteiger charge is 2.79. The smallest absolute Gasteiger partial charge is 0.198 e. The van der Waals surface area contributed by atoms with Crippen LogP contribution < -0.4 is 5.73 Å². The van der Waals surface area contributed by atoms with Crippen molar-refractivity contribution in [2.45, 2.75) is 80.3 Å². The number of aliphatic hydroxyl groups is 3. The van der Waals surface area contributed by atoms with Crippen molar-refractivity contribution in [1.29, 1.82) is 0 Å². The van der Waals surface area contributed by atoms with E-state index < -0.39 is 41.2 Å². The van der Waals surface area contributed by atoms with Gasteiger partial charge in [-0.1, -0.05) is 25.1 Å². The average molecular weight is 511 g/mol. The number of fused-ring (bicyclic) bond motifs is 2. The molecule has 7 rings (SSSR count). The first kappa shape index (κ1) is 23.8. The Labute approximate surface area is 215 Å². The summed E-state index contributed by atoms with van der Waals surface area (Å²) in [6.07, 6.45) is 2.12. The van der Waals surface area contributed by atoms with E-state index in [1.165, 1.54) is 5.57 Å². The number of imidazole rings is 1. The third-order valence-electron chi connectivity index (χ3n) is 10.6. The lowest BCUT2D eigenvalue weighted by molar-refractivity contribution is -0.308. The summed E-state index contributed by atoms with van der Waals surface area (Å²) in [5.41, 5.74) is 5.42. The number of alkyl halides is 1. The zero-order chi connectivity index (χ0) is 26.1. The van der Waals surface area contributed by atoms with E-state index in [-0.39, 0.29) is 17.8 Å². The number of rotatable bonds is 2. The number of halogens is 1. The SMILES string of the molecule is CN(C)[C@H]1C[C@@]23CC[C@@]4(O2)C(=CC[C@]2(C)C(c5ccc6[nH]c(N)nc6c5)=CCC24)C(O)C3(F)[C@@H](O)[C@@H]1O. The van der Waals surface area contributed by atoms with Gasteiger partial charge < -0.3 is 35.7 Å². The summed E-state index contributed by atoms with van der Waals surface area (Å²) < 4.78 is 23.9. The predicted octanol–water partition coefficient (Wildman–Crippen LogP) is 2.31. The first-order valence-corrected chi connectivity index (χ1v) is 13.2. The summed E-state index contributed by atoms with van der Waals surface area (Å²) in [7, 11) is 3.62. The minimum absolute atomic E-state index is 0.00956. The van der Waals surface area contributed by atoms with Gasteiger partial charge in [-0.05, 0) is 75.0 Å². The van der Waals surface area contributed by atoms with Crippen molar-refractivity contribution in [3.05, 3.63) is 41.5 Å². The number of aromatic amines is 1. The van der Waals surface area contributed by atoms with E-state index in [0.717, 1.165) is 23.0 Å². The molecule has 3 unspecified atom stereocenters. The van der Waals surface area contributed by atoms with Crippen LogP contribution in [0.25, 0.3) is 16.6 Å². The van der Waals surface area contributed by atoms with E-state index in [1.807, 2.05) is 31.1 Å². The van der Waals surface area contributed by atoms with Gasteiger partial charge in [0.05, 0.1) is 22.7 Å². The van der Waals surface area contributed by atoms with Gasteiger partial charge in [-0.2, -0.15) is 0 Å². The molecular formula is C28H35FN4O4. The van der Waals surface area contributed by atoms with E-state index in [0.29, 0.717) is 30.8 Å². The van der Waals surface area contributed by atoms with Gasteiger partial charge in [0.2, 0.25) is 0 Å². The molecule has 3 heterocycles. The molecule has 8 nitrogen and oxygen atoms in total. The van der Waals surface area contributed by atoms with Crippen molar-refractivity contribution in [3.63, 3.8) is 0 Å². The zero-order valence-electron chi connectivity index (χ0n) is 21.4. The topological polar surface area (TPSA) is 128 Å². The Morgan fingerprint density at radius 2 is 1.97 bits per heavy atom. The molecule has 1 aromatic heterocycles. The third kappa shape index (κ3) is 2.67. The molecule has 9 heteroatoms. The number of H-pyrrole nitrogens is 1. The second-order valence-corrected chi connectivity index (χ2v) is 12.4. The van der Waals surface area contributed by atoms with Crippen LogP contribution in [-0.4, -0.2) is 85.5 Å². The molecule has 2 aromatic rings. The Kier molecular flexibility index (Phi) is 4.64. The quantitative estimate of drug-likeness (QED) is 0.392. The van der Waals surface area contributed by atoms with Crippen molar-refractivity contribution < 1.29 is 24.4 Å². The largest absolute Gasteiger partial charge is 0.389 e. The fourth-order valence-electron chi connectivity index (χ4n) is 8.72. The molecule has 37 heavy (non-hydrogen) atoms. The fraction of sp³-hybridized carbons (Fsp3) is 0.607. The maximum absolute atomic E-state index is 17.0. The van der Waals surface area contributed by atoms with Gasteiger partial charge in [0.1, 0.15) is 17.8 Å². The zero-order valence-corrected chi connectivity index (χ0v) is 21.4. The molecule has 2 aliphatic heterocycles. The first-order valence-electron chi connectivity index (χ1n) is 13.2. The third-order valence-corrected chi connectivity index (χ3v) is 10.6. The number of nitrogens with two attached hydrogens (primary N) is 1. The van der Waals surface area contributed by atoms with Crippen molar-refractivity contribution in [2.24, 2.45) is 11.3 Å².